The van der Waals surface area contributed by atoms with Crippen molar-refractivity contribution < 1.29 is 8.42 Å². The molecule has 0 bridgehead atoms. The van der Waals surface area contributed by atoms with Crippen LogP contribution < -0.4 is 4.72 Å². The number of rotatable bonds is 6. The number of fused-ring (bicyclic) bond motifs is 1. The van der Waals surface area contributed by atoms with Gasteiger partial charge in [0.25, 0.3) is 0 Å². The average molecular weight is 344 g/mol. The molecule has 0 aliphatic carbocycles. The zero-order valence-corrected chi connectivity index (χ0v) is 14.4. The quantitative estimate of drug-likeness (QED) is 0.746. The number of aromatic nitrogens is 3. The van der Waals surface area contributed by atoms with Crippen LogP contribution in [0.1, 0.15) is 24.8 Å². The second kappa shape index (κ2) is 6.70. The molecule has 0 saturated carbocycles. The Bertz CT molecular complexity index is 920. The molecule has 0 spiro atoms. The lowest BCUT2D eigenvalue weighted by atomic mass is 10.2. The molecule has 126 valence electrons. The van der Waals surface area contributed by atoms with Gasteiger partial charge in [0.1, 0.15) is 5.52 Å². The lowest BCUT2D eigenvalue weighted by Gasteiger charge is -2.23. The van der Waals surface area contributed by atoms with Crippen LogP contribution in [0, 0.1) is 5.92 Å². The fraction of sp³-hybridized carbons (Fsp3) is 0.294. The molecule has 24 heavy (non-hydrogen) atoms. The van der Waals surface area contributed by atoms with Crippen LogP contribution in [0.4, 0.5) is 0 Å². The van der Waals surface area contributed by atoms with E-state index in [0.717, 1.165) is 5.56 Å². The fourth-order valence-electron chi connectivity index (χ4n) is 2.75. The molecular formula is C17H20N4O2S. The van der Waals surface area contributed by atoms with Gasteiger partial charge in [0.05, 0.1) is 6.33 Å². The van der Waals surface area contributed by atoms with Crippen LogP contribution in [0.25, 0.3) is 11.2 Å². The van der Waals surface area contributed by atoms with Crippen LogP contribution in [0.3, 0.4) is 0 Å². The first kappa shape index (κ1) is 16.6. The Hall–Kier alpha value is -2.25. The van der Waals surface area contributed by atoms with Gasteiger partial charge >= 0.3 is 0 Å². The van der Waals surface area contributed by atoms with Gasteiger partial charge < -0.3 is 0 Å². The minimum absolute atomic E-state index is 0.141. The van der Waals surface area contributed by atoms with Gasteiger partial charge in [0.15, 0.2) is 11.0 Å². The maximum Gasteiger partial charge on any atom is 0.233 e. The number of imidazole rings is 1. The van der Waals surface area contributed by atoms with Gasteiger partial charge in [0.2, 0.25) is 10.0 Å². The molecule has 1 N–H and O–H groups in total. The van der Waals surface area contributed by atoms with Gasteiger partial charge in [-0.15, -0.1) is 0 Å². The molecule has 0 saturated heterocycles. The third-order valence-corrected chi connectivity index (χ3v) is 5.77. The van der Waals surface area contributed by atoms with Gasteiger partial charge in [-0.05, 0) is 23.6 Å². The summed E-state index contributed by atoms with van der Waals surface area (Å²) in [4.78, 5) is 8.55. The highest BCUT2D eigenvalue weighted by Gasteiger charge is 2.31. The highest BCUT2D eigenvalue weighted by atomic mass is 32.2. The zero-order valence-electron chi connectivity index (χ0n) is 13.6. The van der Waals surface area contributed by atoms with Crippen molar-refractivity contribution >= 4 is 21.2 Å². The van der Waals surface area contributed by atoms with Crippen molar-refractivity contribution in [2.24, 2.45) is 5.92 Å². The number of nitrogens with one attached hydrogen (secondary N) is 1. The summed E-state index contributed by atoms with van der Waals surface area (Å²) < 4.78 is 30.1. The van der Waals surface area contributed by atoms with E-state index in [1.54, 1.807) is 23.2 Å². The monoisotopic (exact) mass is 344 g/mol. The molecule has 0 fully saturated rings. The fourth-order valence-corrected chi connectivity index (χ4v) is 4.46. The Labute approximate surface area is 141 Å². The molecule has 1 atom stereocenters. The van der Waals surface area contributed by atoms with Gasteiger partial charge in [-0.1, -0.05) is 44.2 Å². The van der Waals surface area contributed by atoms with Crippen molar-refractivity contribution in [2.75, 3.05) is 0 Å². The Morgan fingerprint density at radius 1 is 1.08 bits per heavy atom. The SMILES string of the molecule is CC(C)C(n1cnc2cccnc21)S(=O)(=O)NCc1ccccc1. The lowest BCUT2D eigenvalue weighted by Crippen LogP contribution is -2.34. The van der Waals surface area contributed by atoms with E-state index in [4.69, 9.17) is 0 Å². The maximum atomic E-state index is 12.9. The molecule has 0 amide bonds. The molecule has 2 aromatic heterocycles. The van der Waals surface area contributed by atoms with Gasteiger partial charge in [0, 0.05) is 12.7 Å². The number of pyridine rings is 1. The van der Waals surface area contributed by atoms with Crippen molar-refractivity contribution in [1.29, 1.82) is 0 Å². The van der Waals surface area contributed by atoms with E-state index in [9.17, 15) is 8.42 Å². The summed E-state index contributed by atoms with van der Waals surface area (Å²) in [5.74, 6) is -0.141. The van der Waals surface area contributed by atoms with E-state index in [1.807, 2.05) is 50.2 Å². The number of benzene rings is 1. The second-order valence-corrected chi connectivity index (χ2v) is 7.85. The second-order valence-electron chi connectivity index (χ2n) is 5.98. The number of hydrogen-bond acceptors (Lipinski definition) is 4. The molecule has 1 unspecified atom stereocenters. The summed E-state index contributed by atoms with van der Waals surface area (Å²) in [6, 6.07) is 13.1. The molecule has 1 aromatic carbocycles. The molecule has 3 rings (SSSR count). The topological polar surface area (TPSA) is 76.9 Å². The summed E-state index contributed by atoms with van der Waals surface area (Å²) in [6.07, 6.45) is 3.19. The van der Waals surface area contributed by atoms with E-state index >= 15 is 0 Å². The van der Waals surface area contributed by atoms with Crippen molar-refractivity contribution in [3.05, 3.63) is 60.6 Å². The Morgan fingerprint density at radius 2 is 1.83 bits per heavy atom. The van der Waals surface area contributed by atoms with E-state index < -0.39 is 15.4 Å². The standard InChI is InChI=1S/C17H20N4O2S/c1-13(2)17(21-12-19-15-9-6-10-18-16(15)21)24(22,23)20-11-14-7-4-3-5-8-14/h3-10,12-13,17,20H,11H2,1-2H3. The lowest BCUT2D eigenvalue weighted by molar-refractivity contribution is 0.458. The molecule has 7 heteroatoms. The van der Waals surface area contributed by atoms with Crippen LogP contribution in [-0.2, 0) is 16.6 Å². The van der Waals surface area contributed by atoms with E-state index in [0.29, 0.717) is 11.2 Å². The minimum Gasteiger partial charge on any atom is -0.296 e. The minimum atomic E-state index is -3.60. The number of sulfonamides is 1. The summed E-state index contributed by atoms with van der Waals surface area (Å²) in [5, 5.41) is -0.777. The normalized spacial score (nSPS) is 13.5. The van der Waals surface area contributed by atoms with Gasteiger partial charge in [-0.25, -0.2) is 23.1 Å². The predicted molar refractivity (Wildman–Crippen MR) is 93.6 cm³/mol. The van der Waals surface area contributed by atoms with Crippen molar-refractivity contribution in [1.82, 2.24) is 19.3 Å². The highest BCUT2D eigenvalue weighted by Crippen LogP contribution is 2.27. The third-order valence-electron chi connectivity index (χ3n) is 3.81. The van der Waals surface area contributed by atoms with Crippen molar-refractivity contribution in [3.63, 3.8) is 0 Å². The van der Waals surface area contributed by atoms with Gasteiger partial charge in [-0.2, -0.15) is 0 Å². The molecule has 0 radical (unpaired) electrons. The number of nitrogens with zero attached hydrogens (tertiary/aromatic N) is 3. The number of hydrogen-bond donors (Lipinski definition) is 1. The van der Waals surface area contributed by atoms with E-state index in [-0.39, 0.29) is 12.5 Å². The molecule has 3 aromatic rings. The average Bonchev–Trinajstić information content (AvgIpc) is 2.97. The first-order valence-corrected chi connectivity index (χ1v) is 9.33. The highest BCUT2D eigenvalue weighted by molar-refractivity contribution is 7.89. The zero-order chi connectivity index (χ0) is 17.2. The largest absolute Gasteiger partial charge is 0.296 e. The summed E-state index contributed by atoms with van der Waals surface area (Å²) in [7, 11) is -3.60. The first-order chi connectivity index (χ1) is 11.5. The molecule has 0 aliphatic rings. The molecule has 0 aliphatic heterocycles. The Kier molecular flexibility index (Phi) is 4.64. The molecular weight excluding hydrogens is 324 g/mol. The summed E-state index contributed by atoms with van der Waals surface area (Å²) >= 11 is 0. The first-order valence-electron chi connectivity index (χ1n) is 7.79. The molecule has 2 heterocycles. The van der Waals surface area contributed by atoms with Crippen LogP contribution in [0.15, 0.2) is 55.0 Å². The van der Waals surface area contributed by atoms with Gasteiger partial charge in [-0.3, -0.25) is 4.57 Å². The smallest absolute Gasteiger partial charge is 0.233 e. The van der Waals surface area contributed by atoms with Crippen LogP contribution >= 0.6 is 0 Å². The third kappa shape index (κ3) is 3.32. The van der Waals surface area contributed by atoms with Crippen molar-refractivity contribution in [3.8, 4) is 0 Å². The Morgan fingerprint density at radius 3 is 2.54 bits per heavy atom. The van der Waals surface area contributed by atoms with E-state index in [1.165, 1.54) is 0 Å². The Balaban J connectivity index is 1.92. The van der Waals surface area contributed by atoms with Crippen LogP contribution in [0.2, 0.25) is 0 Å². The van der Waals surface area contributed by atoms with Crippen LogP contribution in [0.5, 0.6) is 0 Å². The summed E-state index contributed by atoms with van der Waals surface area (Å²) in [6.45, 7) is 4.01. The predicted octanol–water partition coefficient (Wildman–Crippen LogP) is 2.71. The molecule has 6 nitrogen and oxygen atoms in total. The van der Waals surface area contributed by atoms with Crippen molar-refractivity contribution in [2.45, 2.75) is 25.8 Å². The summed E-state index contributed by atoms with van der Waals surface area (Å²) in [5.41, 5.74) is 2.17. The maximum absolute atomic E-state index is 12.9. The van der Waals surface area contributed by atoms with Crippen LogP contribution in [-0.4, -0.2) is 23.0 Å². The van der Waals surface area contributed by atoms with E-state index in [2.05, 4.69) is 14.7 Å².